The zero-order valence-corrected chi connectivity index (χ0v) is 14.5. The third-order valence-electron chi connectivity index (χ3n) is 5.38. The lowest BCUT2D eigenvalue weighted by Gasteiger charge is -2.22. The second kappa shape index (κ2) is 6.28. The Balaban J connectivity index is 2.01. The van der Waals surface area contributed by atoms with E-state index in [4.69, 9.17) is 0 Å². The molecule has 0 radical (unpaired) electrons. The van der Waals surface area contributed by atoms with Gasteiger partial charge in [-0.3, -0.25) is 0 Å². The highest BCUT2D eigenvalue weighted by Crippen LogP contribution is 2.39. The van der Waals surface area contributed by atoms with Crippen LogP contribution in [0.2, 0.25) is 0 Å². The summed E-state index contributed by atoms with van der Waals surface area (Å²) in [4.78, 5) is 0. The predicted molar refractivity (Wildman–Crippen MR) is 106 cm³/mol. The summed E-state index contributed by atoms with van der Waals surface area (Å²) in [6, 6.07) is 13.5. The minimum atomic E-state index is 0.579. The van der Waals surface area contributed by atoms with Gasteiger partial charge in [0.05, 0.1) is 0 Å². The first-order valence-electron chi connectivity index (χ1n) is 9.01. The van der Waals surface area contributed by atoms with Crippen LogP contribution in [0.4, 0.5) is 0 Å². The molecule has 0 saturated carbocycles. The lowest BCUT2D eigenvalue weighted by molar-refractivity contribution is 0.759. The van der Waals surface area contributed by atoms with Crippen molar-refractivity contribution in [3.63, 3.8) is 0 Å². The normalized spacial score (nSPS) is 20.6. The lowest BCUT2D eigenvalue weighted by Crippen LogP contribution is -2.03. The van der Waals surface area contributed by atoms with E-state index in [1.165, 1.54) is 38.6 Å². The molecule has 0 heteroatoms. The Hall–Kier alpha value is -2.34. The number of allylic oxidation sites excluding steroid dienone is 8. The Kier molecular flexibility index (Phi) is 3.98. The molecule has 120 valence electrons. The molecule has 4 rings (SSSR count). The Morgan fingerprint density at radius 2 is 1.75 bits per heavy atom. The van der Waals surface area contributed by atoms with Crippen LogP contribution in [0.3, 0.4) is 0 Å². The summed E-state index contributed by atoms with van der Waals surface area (Å²) in [5, 5.41) is 2.78. The zero-order valence-electron chi connectivity index (χ0n) is 14.5. The minimum absolute atomic E-state index is 0.579. The molecular weight excluding hydrogens is 288 g/mol. The van der Waals surface area contributed by atoms with Crippen LogP contribution in [0.1, 0.15) is 44.2 Å². The molecule has 1 unspecified atom stereocenters. The van der Waals surface area contributed by atoms with Crippen molar-refractivity contribution in [3.05, 3.63) is 83.5 Å². The topological polar surface area (TPSA) is 0 Å². The summed E-state index contributed by atoms with van der Waals surface area (Å²) in [7, 11) is 0. The van der Waals surface area contributed by atoms with E-state index in [1.54, 1.807) is 0 Å². The number of benzene rings is 2. The summed E-state index contributed by atoms with van der Waals surface area (Å²) in [6.45, 7) is 4.59. The second-order valence-corrected chi connectivity index (χ2v) is 7.00. The van der Waals surface area contributed by atoms with Gasteiger partial charge in [0, 0.05) is 0 Å². The van der Waals surface area contributed by atoms with E-state index in [2.05, 4.69) is 80.6 Å². The quantitative estimate of drug-likeness (QED) is 0.563. The smallest absolute Gasteiger partial charge is 0.00331 e. The summed E-state index contributed by atoms with van der Waals surface area (Å²) >= 11 is 0. The van der Waals surface area contributed by atoms with Crippen LogP contribution < -0.4 is 0 Å². The first-order valence-corrected chi connectivity index (χ1v) is 9.01. The summed E-state index contributed by atoms with van der Waals surface area (Å²) in [5.74, 6) is 0.579. The van der Waals surface area contributed by atoms with Crippen molar-refractivity contribution in [1.82, 2.24) is 0 Å². The molecule has 1 atom stereocenters. The van der Waals surface area contributed by atoms with Crippen molar-refractivity contribution >= 4 is 21.9 Å². The average Bonchev–Trinajstić information content (AvgIpc) is 2.62. The first-order chi connectivity index (χ1) is 11.8. The number of fused-ring (bicyclic) bond motifs is 1. The predicted octanol–water partition coefficient (Wildman–Crippen LogP) is 6.94. The van der Waals surface area contributed by atoms with Crippen molar-refractivity contribution in [2.75, 3.05) is 0 Å². The van der Waals surface area contributed by atoms with E-state index in [0.29, 0.717) is 5.92 Å². The maximum absolute atomic E-state index is 2.34. The monoisotopic (exact) mass is 312 g/mol. The van der Waals surface area contributed by atoms with Crippen LogP contribution in [-0.2, 0) is 0 Å². The second-order valence-electron chi connectivity index (χ2n) is 7.00. The molecular formula is C24H24. The van der Waals surface area contributed by atoms with Gasteiger partial charge in [-0.05, 0) is 70.7 Å². The molecule has 0 aromatic heterocycles. The first kappa shape index (κ1) is 15.2. The molecule has 0 aliphatic heterocycles. The van der Waals surface area contributed by atoms with E-state index < -0.39 is 0 Å². The number of rotatable bonds is 2. The largest absolute Gasteiger partial charge is 0.0839 e. The van der Waals surface area contributed by atoms with E-state index in [0.717, 1.165) is 19.3 Å². The third kappa shape index (κ3) is 2.57. The van der Waals surface area contributed by atoms with Gasteiger partial charge in [0.25, 0.3) is 0 Å². The van der Waals surface area contributed by atoms with Crippen LogP contribution >= 0.6 is 0 Å². The van der Waals surface area contributed by atoms with Gasteiger partial charge >= 0.3 is 0 Å². The van der Waals surface area contributed by atoms with Crippen molar-refractivity contribution in [2.45, 2.75) is 33.1 Å². The number of hydrogen-bond acceptors (Lipinski definition) is 0. The maximum Gasteiger partial charge on any atom is -0.00331 e. The molecule has 2 aromatic rings. The van der Waals surface area contributed by atoms with Gasteiger partial charge in [-0.2, -0.15) is 0 Å². The average molecular weight is 312 g/mol. The Labute approximate surface area is 144 Å². The zero-order chi connectivity index (χ0) is 16.5. The Bertz CT molecular complexity index is 898. The molecule has 2 aliphatic rings. The highest BCUT2D eigenvalue weighted by atomic mass is 14.2. The van der Waals surface area contributed by atoms with E-state index >= 15 is 0 Å². The van der Waals surface area contributed by atoms with Gasteiger partial charge in [-0.15, -0.1) is 0 Å². The molecule has 2 aliphatic carbocycles. The fourth-order valence-corrected chi connectivity index (χ4v) is 4.07. The summed E-state index contributed by atoms with van der Waals surface area (Å²) < 4.78 is 0. The van der Waals surface area contributed by atoms with Crippen molar-refractivity contribution in [3.8, 4) is 0 Å². The van der Waals surface area contributed by atoms with Crippen LogP contribution in [-0.4, -0.2) is 0 Å². The van der Waals surface area contributed by atoms with Gasteiger partial charge in [0.2, 0.25) is 0 Å². The highest BCUT2D eigenvalue weighted by molar-refractivity contribution is 6.02. The molecule has 0 saturated heterocycles. The SMILES string of the molecule is CC1=C(c2cccc3cccc(C4=CC=CCC4C)c23)CCC=C1. The fourth-order valence-electron chi connectivity index (χ4n) is 4.07. The molecule has 24 heavy (non-hydrogen) atoms. The van der Waals surface area contributed by atoms with Gasteiger partial charge < -0.3 is 0 Å². The fraction of sp³-hybridized carbons (Fsp3) is 0.250. The van der Waals surface area contributed by atoms with Crippen molar-refractivity contribution in [2.24, 2.45) is 5.92 Å². The molecule has 2 aromatic carbocycles. The minimum Gasteiger partial charge on any atom is -0.0839 e. The summed E-state index contributed by atoms with van der Waals surface area (Å²) in [5.41, 5.74) is 7.23. The van der Waals surface area contributed by atoms with Crippen LogP contribution in [0, 0.1) is 5.92 Å². The molecule has 0 heterocycles. The maximum atomic E-state index is 2.34. The molecule has 0 bridgehead atoms. The van der Waals surface area contributed by atoms with E-state index in [-0.39, 0.29) is 0 Å². The van der Waals surface area contributed by atoms with Crippen LogP contribution in [0.5, 0.6) is 0 Å². The third-order valence-corrected chi connectivity index (χ3v) is 5.38. The standard InChI is InChI=1S/C24H24/c1-17-9-3-5-13-20(17)22-15-7-11-19-12-8-16-23(24(19)22)21-14-6-4-10-18(21)2/h3-5,7-8,10-13,15-17H,6,9,14H2,1-2H3. The van der Waals surface area contributed by atoms with Crippen molar-refractivity contribution in [1.29, 1.82) is 0 Å². The van der Waals surface area contributed by atoms with E-state index in [9.17, 15) is 0 Å². The van der Waals surface area contributed by atoms with Gasteiger partial charge in [-0.25, -0.2) is 0 Å². The van der Waals surface area contributed by atoms with Gasteiger partial charge in [0.15, 0.2) is 0 Å². The molecule has 0 spiro atoms. The molecule has 0 N–H and O–H groups in total. The lowest BCUT2D eigenvalue weighted by atomic mass is 9.82. The molecule has 0 nitrogen and oxygen atoms in total. The van der Waals surface area contributed by atoms with Gasteiger partial charge in [0.1, 0.15) is 0 Å². The Morgan fingerprint density at radius 3 is 2.50 bits per heavy atom. The van der Waals surface area contributed by atoms with E-state index in [1.807, 2.05) is 0 Å². The molecule has 0 fully saturated rings. The van der Waals surface area contributed by atoms with Crippen LogP contribution in [0.25, 0.3) is 21.9 Å². The molecule has 0 amide bonds. The van der Waals surface area contributed by atoms with Crippen molar-refractivity contribution < 1.29 is 0 Å². The highest BCUT2D eigenvalue weighted by Gasteiger charge is 2.18. The number of hydrogen-bond donors (Lipinski definition) is 0. The van der Waals surface area contributed by atoms with Crippen LogP contribution in [0.15, 0.2) is 72.4 Å². The van der Waals surface area contributed by atoms with Gasteiger partial charge in [-0.1, -0.05) is 73.7 Å². The Morgan fingerprint density at radius 1 is 0.958 bits per heavy atom. The summed E-state index contributed by atoms with van der Waals surface area (Å²) in [6.07, 6.45) is 14.8.